The van der Waals surface area contributed by atoms with Crippen molar-refractivity contribution in [3.63, 3.8) is 0 Å². The molecule has 186 valence electrons. The molecule has 0 radical (unpaired) electrons. The van der Waals surface area contributed by atoms with Gasteiger partial charge >= 0.3 is 0 Å². The second-order valence-electron chi connectivity index (χ2n) is 9.37. The Morgan fingerprint density at radius 3 is 2.71 bits per heavy atom. The summed E-state index contributed by atoms with van der Waals surface area (Å²) in [4.78, 5) is 13.5. The normalized spacial score (nSPS) is 16.5. The van der Waals surface area contributed by atoms with Crippen LogP contribution < -0.4 is 16.4 Å². The first kappa shape index (κ1) is 24.6. The van der Waals surface area contributed by atoms with E-state index in [2.05, 4.69) is 25.6 Å². The number of nitrogens with zero attached hydrogens (tertiary/aromatic N) is 3. The van der Waals surface area contributed by atoms with Crippen LogP contribution in [0.2, 0.25) is 0 Å². The van der Waals surface area contributed by atoms with Gasteiger partial charge < -0.3 is 30.3 Å². The molecule has 0 unspecified atom stereocenters. The Bertz CT molecular complexity index is 1200. The number of aryl methyl sites for hydroxylation is 1. The van der Waals surface area contributed by atoms with Crippen LogP contribution in [0.25, 0.3) is 17.3 Å². The molecule has 4 rings (SSSR count). The largest absolute Gasteiger partial charge is 0.458 e. The van der Waals surface area contributed by atoms with Crippen molar-refractivity contribution in [2.75, 3.05) is 23.8 Å². The van der Waals surface area contributed by atoms with Gasteiger partial charge in [-0.15, -0.1) is 0 Å². The Labute approximate surface area is 204 Å². The minimum Gasteiger partial charge on any atom is -0.458 e. The fourth-order valence-corrected chi connectivity index (χ4v) is 3.51. The summed E-state index contributed by atoms with van der Waals surface area (Å²) < 4.78 is 32.1. The number of nitrogens with two attached hydrogens (primary N) is 1. The molecule has 0 spiro atoms. The monoisotopic (exact) mass is 482 g/mol. The number of hydrogen-bond donors (Lipinski definition) is 3. The van der Waals surface area contributed by atoms with Gasteiger partial charge in [-0.25, -0.2) is 9.37 Å². The predicted octanol–water partition coefficient (Wildman–Crippen LogP) is 4.46. The molecule has 1 aromatic carbocycles. The fourth-order valence-electron chi connectivity index (χ4n) is 3.51. The fraction of sp³-hybridized carbons (Fsp3) is 0.400. The van der Waals surface area contributed by atoms with Crippen LogP contribution in [0.3, 0.4) is 0 Å². The van der Waals surface area contributed by atoms with E-state index in [9.17, 15) is 0 Å². The highest BCUT2D eigenvalue weighted by Gasteiger charge is 2.20. The molecule has 0 bridgehead atoms. The van der Waals surface area contributed by atoms with Crippen LogP contribution in [0.5, 0.6) is 0 Å². The third-order valence-corrected chi connectivity index (χ3v) is 5.20. The molecule has 1 atom stereocenters. The maximum absolute atomic E-state index is 15.3. The number of nitrogens with one attached hydrogen (secondary N) is 2. The molecule has 4 N–H and O–H groups in total. The average molecular weight is 483 g/mol. The molecular formula is C25H31FN6O3. The molecule has 9 nitrogen and oxygen atoms in total. The number of anilines is 2. The number of furan rings is 1. The van der Waals surface area contributed by atoms with Gasteiger partial charge in [0, 0.05) is 23.9 Å². The van der Waals surface area contributed by atoms with Gasteiger partial charge in [0.2, 0.25) is 11.8 Å². The number of aromatic nitrogens is 3. The van der Waals surface area contributed by atoms with E-state index in [1.165, 1.54) is 6.20 Å². The average Bonchev–Trinajstić information content (AvgIpc) is 3.48. The first-order valence-electron chi connectivity index (χ1n) is 11.5. The second-order valence-corrected chi connectivity index (χ2v) is 9.37. The van der Waals surface area contributed by atoms with Crippen molar-refractivity contribution >= 4 is 17.3 Å². The van der Waals surface area contributed by atoms with Crippen LogP contribution in [0.1, 0.15) is 44.3 Å². The summed E-state index contributed by atoms with van der Waals surface area (Å²) in [5.41, 5.74) is 6.59. The summed E-state index contributed by atoms with van der Waals surface area (Å²) in [6.45, 7) is 9.15. The molecule has 1 saturated heterocycles. The molecule has 1 fully saturated rings. The van der Waals surface area contributed by atoms with Gasteiger partial charge in [0.15, 0.2) is 17.4 Å². The summed E-state index contributed by atoms with van der Waals surface area (Å²) in [5, 5.41) is 6.27. The smallest absolute Gasteiger partial charge is 0.227 e. The van der Waals surface area contributed by atoms with Crippen molar-refractivity contribution in [1.82, 2.24) is 15.0 Å². The van der Waals surface area contributed by atoms with E-state index >= 15 is 4.39 Å². The summed E-state index contributed by atoms with van der Waals surface area (Å²) in [7, 11) is 0. The maximum Gasteiger partial charge on any atom is 0.227 e. The first-order valence-corrected chi connectivity index (χ1v) is 11.5. The second kappa shape index (κ2) is 10.4. The summed E-state index contributed by atoms with van der Waals surface area (Å²) in [6, 6.07) is 8.67. The van der Waals surface area contributed by atoms with E-state index in [4.69, 9.17) is 19.6 Å². The molecule has 0 aliphatic carbocycles. The lowest BCUT2D eigenvalue weighted by Crippen LogP contribution is -2.28. The standard InChI is InChI=1S/C25H31FN6O3/c1-15-8-9-20(35-15)23-29-22(30-24(31-23)32-25(2,3)4)19(12-27)28-18-7-5-6-16(21(18)26)13-34-17-10-11-33-14-17/h5-9,12,17,28H,10-11,13-14,27H2,1-4H3,(H,29,30,31,32)/t17-/m0/s1. The molecule has 2 aromatic heterocycles. The van der Waals surface area contributed by atoms with Gasteiger partial charge in [0.05, 0.1) is 30.7 Å². The molecule has 1 aliphatic rings. The Morgan fingerprint density at radius 1 is 1.23 bits per heavy atom. The zero-order valence-electron chi connectivity index (χ0n) is 20.4. The first-order chi connectivity index (χ1) is 16.7. The molecule has 35 heavy (non-hydrogen) atoms. The minimum absolute atomic E-state index is 0.0203. The van der Waals surface area contributed by atoms with Crippen LogP contribution in [-0.4, -0.2) is 39.8 Å². The van der Waals surface area contributed by atoms with Gasteiger partial charge in [0.25, 0.3) is 0 Å². The van der Waals surface area contributed by atoms with Crippen molar-refractivity contribution < 1.29 is 18.3 Å². The van der Waals surface area contributed by atoms with Crippen molar-refractivity contribution in [2.24, 2.45) is 5.73 Å². The van der Waals surface area contributed by atoms with Gasteiger partial charge in [0.1, 0.15) is 5.76 Å². The van der Waals surface area contributed by atoms with Gasteiger partial charge in [-0.05, 0) is 52.3 Å². The Balaban J connectivity index is 1.62. The van der Waals surface area contributed by atoms with Crippen molar-refractivity contribution in [3.05, 3.63) is 59.5 Å². The van der Waals surface area contributed by atoms with Gasteiger partial charge in [-0.3, -0.25) is 0 Å². The van der Waals surface area contributed by atoms with E-state index in [0.29, 0.717) is 42.0 Å². The lowest BCUT2D eigenvalue weighted by Gasteiger charge is -2.21. The Kier molecular flexibility index (Phi) is 7.32. The van der Waals surface area contributed by atoms with E-state index in [-0.39, 0.29) is 29.8 Å². The highest BCUT2D eigenvalue weighted by atomic mass is 19.1. The topological polar surface area (TPSA) is 120 Å². The Hall–Kier alpha value is -3.50. The van der Waals surface area contributed by atoms with Crippen LogP contribution >= 0.6 is 0 Å². The van der Waals surface area contributed by atoms with Crippen molar-refractivity contribution in [1.29, 1.82) is 0 Å². The van der Waals surface area contributed by atoms with Crippen LogP contribution in [0, 0.1) is 12.7 Å². The van der Waals surface area contributed by atoms with E-state index in [1.54, 1.807) is 24.3 Å². The van der Waals surface area contributed by atoms with Crippen molar-refractivity contribution in [3.8, 4) is 11.6 Å². The third-order valence-electron chi connectivity index (χ3n) is 5.20. The molecule has 3 aromatic rings. The predicted molar refractivity (Wildman–Crippen MR) is 132 cm³/mol. The number of hydrogen-bond acceptors (Lipinski definition) is 9. The third kappa shape index (κ3) is 6.34. The van der Waals surface area contributed by atoms with Crippen LogP contribution in [0.15, 0.2) is 40.9 Å². The molecule has 3 heterocycles. The SMILES string of the molecule is Cc1ccc(-c2nc(NC(C)(C)C)nc(C(=CN)Nc3cccc(CO[C@H]4CCOC4)c3F)n2)o1. The van der Waals surface area contributed by atoms with E-state index < -0.39 is 5.82 Å². The highest BCUT2D eigenvalue weighted by Crippen LogP contribution is 2.26. The van der Waals surface area contributed by atoms with Crippen LogP contribution in [-0.2, 0) is 16.1 Å². The molecule has 1 aliphatic heterocycles. The zero-order valence-corrected chi connectivity index (χ0v) is 20.4. The highest BCUT2D eigenvalue weighted by molar-refractivity contribution is 5.74. The van der Waals surface area contributed by atoms with E-state index in [1.807, 2.05) is 33.8 Å². The summed E-state index contributed by atoms with van der Waals surface area (Å²) in [6.07, 6.45) is 2.08. The molecule has 0 saturated carbocycles. The van der Waals surface area contributed by atoms with Gasteiger partial charge in [-0.1, -0.05) is 12.1 Å². The number of benzene rings is 1. The quantitative estimate of drug-likeness (QED) is 0.427. The minimum atomic E-state index is -0.435. The van der Waals surface area contributed by atoms with E-state index in [0.717, 1.165) is 12.2 Å². The lowest BCUT2D eigenvalue weighted by atomic mass is 10.1. The van der Waals surface area contributed by atoms with Crippen LogP contribution in [0.4, 0.5) is 16.0 Å². The van der Waals surface area contributed by atoms with Gasteiger partial charge in [-0.2, -0.15) is 9.97 Å². The lowest BCUT2D eigenvalue weighted by molar-refractivity contribution is 0.0305. The molecule has 10 heteroatoms. The summed E-state index contributed by atoms with van der Waals surface area (Å²) >= 11 is 0. The maximum atomic E-state index is 15.3. The molecular weight excluding hydrogens is 451 g/mol. The Morgan fingerprint density at radius 2 is 2.06 bits per heavy atom. The van der Waals surface area contributed by atoms with Crippen molar-refractivity contribution in [2.45, 2.75) is 52.4 Å². The summed E-state index contributed by atoms with van der Waals surface area (Å²) in [5.74, 6) is 1.69. The number of ether oxygens (including phenoxy) is 2. The molecule has 0 amide bonds. The number of halogens is 1. The zero-order chi connectivity index (χ0) is 25.0. The number of rotatable bonds is 8.